The number of nitrogens with one attached hydrogen (secondary N) is 1. The lowest BCUT2D eigenvalue weighted by Gasteiger charge is -2.19. The summed E-state index contributed by atoms with van der Waals surface area (Å²) < 4.78 is 5.12. The van der Waals surface area contributed by atoms with Crippen molar-refractivity contribution >= 4 is 11.6 Å². The molecule has 126 valence electrons. The van der Waals surface area contributed by atoms with Crippen LogP contribution in [-0.2, 0) is 5.41 Å². The quantitative estimate of drug-likeness (QED) is 0.678. The third-order valence-electron chi connectivity index (χ3n) is 3.83. The molecule has 2 aromatic carbocycles. The second-order valence-electron chi connectivity index (χ2n) is 6.70. The van der Waals surface area contributed by atoms with Crippen molar-refractivity contribution in [2.45, 2.75) is 33.1 Å². The van der Waals surface area contributed by atoms with Crippen LogP contribution in [-0.4, -0.2) is 18.7 Å². The average molecular weight is 324 g/mol. The van der Waals surface area contributed by atoms with Crippen molar-refractivity contribution < 1.29 is 9.53 Å². The van der Waals surface area contributed by atoms with Gasteiger partial charge in [0.25, 0.3) is 5.91 Å². The first-order chi connectivity index (χ1) is 11.3. The van der Waals surface area contributed by atoms with Gasteiger partial charge in [0, 0.05) is 5.56 Å². The van der Waals surface area contributed by atoms with Gasteiger partial charge in [-0.2, -0.15) is 5.10 Å². The molecule has 0 aliphatic rings. The van der Waals surface area contributed by atoms with E-state index in [4.69, 9.17) is 4.74 Å². The molecule has 2 aromatic rings. The van der Waals surface area contributed by atoms with Crippen LogP contribution >= 0.6 is 0 Å². The van der Waals surface area contributed by atoms with Gasteiger partial charge < -0.3 is 4.74 Å². The van der Waals surface area contributed by atoms with Crippen molar-refractivity contribution in [1.82, 2.24) is 5.43 Å². The normalized spacial score (nSPS) is 12.0. The summed E-state index contributed by atoms with van der Waals surface area (Å²) in [6.07, 6.45) is 0. The summed E-state index contributed by atoms with van der Waals surface area (Å²) in [6, 6.07) is 15.2. The molecule has 0 heterocycles. The lowest BCUT2D eigenvalue weighted by Crippen LogP contribution is -2.19. The lowest BCUT2D eigenvalue weighted by atomic mass is 9.86. The molecule has 0 radical (unpaired) electrons. The van der Waals surface area contributed by atoms with Crippen LogP contribution in [0.2, 0.25) is 0 Å². The third-order valence-corrected chi connectivity index (χ3v) is 3.83. The second-order valence-corrected chi connectivity index (χ2v) is 6.70. The molecule has 1 N–H and O–H groups in total. The van der Waals surface area contributed by atoms with Gasteiger partial charge in [0.15, 0.2) is 0 Å². The van der Waals surface area contributed by atoms with Gasteiger partial charge in [-0.1, -0.05) is 51.1 Å². The van der Waals surface area contributed by atoms with E-state index < -0.39 is 0 Å². The van der Waals surface area contributed by atoms with Gasteiger partial charge in [0.05, 0.1) is 12.8 Å². The maximum atomic E-state index is 12.2. The van der Waals surface area contributed by atoms with Gasteiger partial charge in [-0.3, -0.25) is 4.79 Å². The van der Waals surface area contributed by atoms with Crippen LogP contribution in [0.25, 0.3) is 0 Å². The minimum absolute atomic E-state index is 0.115. The Morgan fingerprint density at radius 3 is 2.29 bits per heavy atom. The van der Waals surface area contributed by atoms with Crippen LogP contribution in [0, 0.1) is 0 Å². The van der Waals surface area contributed by atoms with E-state index in [1.54, 1.807) is 31.4 Å². The molecule has 0 aromatic heterocycles. The van der Waals surface area contributed by atoms with Crippen LogP contribution in [0.4, 0.5) is 0 Å². The Morgan fingerprint density at radius 1 is 1.04 bits per heavy atom. The third kappa shape index (κ3) is 4.44. The number of ether oxygens (including phenoxy) is 1. The van der Waals surface area contributed by atoms with E-state index in [1.807, 2.05) is 19.1 Å². The highest BCUT2D eigenvalue weighted by Gasteiger charge is 2.13. The number of hydrogen-bond acceptors (Lipinski definition) is 3. The van der Waals surface area contributed by atoms with Gasteiger partial charge in [-0.05, 0) is 41.7 Å². The molecule has 0 atom stereocenters. The van der Waals surface area contributed by atoms with Crippen molar-refractivity contribution in [2.75, 3.05) is 7.11 Å². The monoisotopic (exact) mass is 324 g/mol. The fraction of sp³-hybridized carbons (Fsp3) is 0.300. The molecule has 0 aliphatic carbocycles. The first-order valence-electron chi connectivity index (χ1n) is 7.91. The molecule has 0 fully saturated rings. The van der Waals surface area contributed by atoms with Crippen LogP contribution in [0.5, 0.6) is 5.75 Å². The zero-order chi connectivity index (χ0) is 17.7. The standard InChI is InChI=1S/C20H24N2O2/c1-14(15-9-11-17(12-10-15)20(2,3)4)21-22-19(23)16-7-6-8-18(13-16)24-5/h6-13H,1-5H3,(H,22,23)/b21-14-. The Hall–Kier alpha value is -2.62. The number of rotatable bonds is 4. The molecule has 0 bridgehead atoms. The molecular formula is C20H24N2O2. The minimum Gasteiger partial charge on any atom is -0.497 e. The number of carbonyl (C=O) groups is 1. The van der Waals surface area contributed by atoms with Gasteiger partial charge in [0.1, 0.15) is 5.75 Å². The number of carbonyl (C=O) groups excluding carboxylic acids is 1. The van der Waals surface area contributed by atoms with Gasteiger partial charge in [0.2, 0.25) is 0 Å². The Kier molecular flexibility index (Phi) is 5.39. The molecule has 0 aliphatic heterocycles. The fourth-order valence-corrected chi connectivity index (χ4v) is 2.24. The largest absolute Gasteiger partial charge is 0.497 e. The topological polar surface area (TPSA) is 50.7 Å². The highest BCUT2D eigenvalue weighted by atomic mass is 16.5. The Bertz CT molecular complexity index is 741. The van der Waals surface area contributed by atoms with Crippen molar-refractivity contribution in [2.24, 2.45) is 5.10 Å². The van der Waals surface area contributed by atoms with E-state index in [2.05, 4.69) is 43.4 Å². The predicted molar refractivity (Wildman–Crippen MR) is 97.8 cm³/mol. The van der Waals surface area contributed by atoms with Crippen LogP contribution in [0.1, 0.15) is 49.2 Å². The lowest BCUT2D eigenvalue weighted by molar-refractivity contribution is 0.0954. The zero-order valence-electron chi connectivity index (χ0n) is 14.9. The molecular weight excluding hydrogens is 300 g/mol. The Labute approximate surface area is 143 Å². The molecule has 0 saturated heterocycles. The van der Waals surface area contributed by atoms with E-state index >= 15 is 0 Å². The molecule has 1 amide bonds. The van der Waals surface area contributed by atoms with Crippen molar-refractivity contribution in [3.63, 3.8) is 0 Å². The number of methoxy groups -OCH3 is 1. The molecule has 24 heavy (non-hydrogen) atoms. The SMILES string of the molecule is COc1cccc(C(=O)N/N=C(/C)c2ccc(C(C)(C)C)cc2)c1. The van der Waals surface area contributed by atoms with Crippen LogP contribution < -0.4 is 10.2 Å². The first-order valence-corrected chi connectivity index (χ1v) is 7.91. The molecule has 2 rings (SSSR count). The van der Waals surface area contributed by atoms with E-state index in [1.165, 1.54) is 5.56 Å². The van der Waals surface area contributed by atoms with Crippen molar-refractivity contribution in [3.8, 4) is 5.75 Å². The number of hydrogen-bond donors (Lipinski definition) is 1. The van der Waals surface area contributed by atoms with Gasteiger partial charge >= 0.3 is 0 Å². The summed E-state index contributed by atoms with van der Waals surface area (Å²) in [7, 11) is 1.57. The van der Waals surface area contributed by atoms with Gasteiger partial charge in [-0.25, -0.2) is 5.43 Å². The van der Waals surface area contributed by atoms with E-state index in [-0.39, 0.29) is 11.3 Å². The number of benzene rings is 2. The highest BCUT2D eigenvalue weighted by Crippen LogP contribution is 2.22. The molecule has 0 saturated carbocycles. The van der Waals surface area contributed by atoms with E-state index in [9.17, 15) is 4.79 Å². The summed E-state index contributed by atoms with van der Waals surface area (Å²) in [5, 5.41) is 4.19. The number of nitrogens with zero attached hydrogens (tertiary/aromatic N) is 1. The minimum atomic E-state index is -0.264. The Morgan fingerprint density at radius 2 is 1.71 bits per heavy atom. The summed E-state index contributed by atoms with van der Waals surface area (Å²) in [5.74, 6) is 0.376. The molecule has 0 spiro atoms. The highest BCUT2D eigenvalue weighted by molar-refractivity contribution is 6.00. The Balaban J connectivity index is 2.09. The maximum Gasteiger partial charge on any atom is 0.271 e. The molecule has 4 nitrogen and oxygen atoms in total. The van der Waals surface area contributed by atoms with E-state index in [0.29, 0.717) is 11.3 Å². The molecule has 0 unspecified atom stereocenters. The maximum absolute atomic E-state index is 12.2. The predicted octanol–water partition coefficient (Wildman–Crippen LogP) is 4.15. The van der Waals surface area contributed by atoms with Crippen molar-refractivity contribution in [3.05, 3.63) is 65.2 Å². The van der Waals surface area contributed by atoms with Crippen LogP contribution in [0.3, 0.4) is 0 Å². The molecule has 4 heteroatoms. The number of amides is 1. The first kappa shape index (κ1) is 17.7. The smallest absolute Gasteiger partial charge is 0.271 e. The van der Waals surface area contributed by atoms with Crippen molar-refractivity contribution in [1.29, 1.82) is 0 Å². The van der Waals surface area contributed by atoms with Crippen LogP contribution in [0.15, 0.2) is 53.6 Å². The second kappa shape index (κ2) is 7.30. The fourth-order valence-electron chi connectivity index (χ4n) is 2.24. The average Bonchev–Trinajstić information content (AvgIpc) is 2.58. The summed E-state index contributed by atoms with van der Waals surface area (Å²) >= 11 is 0. The summed E-state index contributed by atoms with van der Waals surface area (Å²) in [6.45, 7) is 8.41. The summed E-state index contributed by atoms with van der Waals surface area (Å²) in [5.41, 5.74) is 6.21. The van der Waals surface area contributed by atoms with E-state index in [0.717, 1.165) is 11.3 Å². The zero-order valence-corrected chi connectivity index (χ0v) is 14.9. The van der Waals surface area contributed by atoms with Gasteiger partial charge in [-0.15, -0.1) is 0 Å². The summed E-state index contributed by atoms with van der Waals surface area (Å²) in [4.78, 5) is 12.2. The number of hydrazone groups is 1.